The predicted molar refractivity (Wildman–Crippen MR) is 113 cm³/mol. The largest absolute Gasteiger partial charge is 0.508 e. The Labute approximate surface area is 162 Å². The van der Waals surface area contributed by atoms with Crippen LogP contribution in [0.1, 0.15) is 30.9 Å². The Hall–Kier alpha value is -2.92. The van der Waals surface area contributed by atoms with E-state index < -0.39 is 0 Å². The van der Waals surface area contributed by atoms with E-state index in [1.165, 1.54) is 5.56 Å². The third kappa shape index (κ3) is 3.38. The van der Waals surface area contributed by atoms with Crippen LogP contribution in [0.15, 0.2) is 54.2 Å². The summed E-state index contributed by atoms with van der Waals surface area (Å²) >= 11 is 1.62. The molecule has 0 saturated heterocycles. The van der Waals surface area contributed by atoms with Crippen LogP contribution in [0.5, 0.6) is 5.75 Å². The van der Waals surface area contributed by atoms with Crippen molar-refractivity contribution in [2.75, 3.05) is 5.32 Å². The van der Waals surface area contributed by atoms with Gasteiger partial charge in [-0.25, -0.2) is 9.97 Å². The molecule has 0 radical (unpaired) electrons. The Morgan fingerprint density at radius 3 is 2.52 bits per heavy atom. The monoisotopic (exact) mass is 375 g/mol. The van der Waals surface area contributed by atoms with Crippen molar-refractivity contribution in [3.8, 4) is 16.9 Å². The summed E-state index contributed by atoms with van der Waals surface area (Å²) in [6.07, 6.45) is 1.59. The Balaban J connectivity index is 1.79. The lowest BCUT2D eigenvalue weighted by Gasteiger charge is -2.11. The van der Waals surface area contributed by atoms with E-state index >= 15 is 0 Å². The van der Waals surface area contributed by atoms with Gasteiger partial charge in [-0.05, 0) is 47.7 Å². The second-order valence-electron chi connectivity index (χ2n) is 6.95. The van der Waals surface area contributed by atoms with Crippen LogP contribution in [0.4, 0.5) is 11.5 Å². The zero-order valence-electron chi connectivity index (χ0n) is 15.5. The highest BCUT2D eigenvalue weighted by molar-refractivity contribution is 7.17. The SMILES string of the molecule is Cc1cc(O)ccc1Nc1ncnc2scc(-c3ccc(C(C)C)cc3)c12. The predicted octanol–water partition coefficient (Wildman–Crippen LogP) is 6.24. The van der Waals surface area contributed by atoms with Crippen molar-refractivity contribution in [1.29, 1.82) is 0 Å². The van der Waals surface area contributed by atoms with Crippen LogP contribution < -0.4 is 5.32 Å². The maximum atomic E-state index is 9.64. The van der Waals surface area contributed by atoms with Gasteiger partial charge in [-0.15, -0.1) is 11.3 Å². The number of phenols is 1. The molecule has 0 aliphatic rings. The number of aryl methyl sites for hydroxylation is 1. The Morgan fingerprint density at radius 2 is 1.81 bits per heavy atom. The van der Waals surface area contributed by atoms with Gasteiger partial charge in [-0.1, -0.05) is 38.1 Å². The lowest BCUT2D eigenvalue weighted by atomic mass is 9.99. The average Bonchev–Trinajstić information content (AvgIpc) is 3.09. The molecule has 2 N–H and O–H groups in total. The minimum Gasteiger partial charge on any atom is -0.508 e. The van der Waals surface area contributed by atoms with Gasteiger partial charge in [-0.2, -0.15) is 0 Å². The molecule has 2 aromatic carbocycles. The van der Waals surface area contributed by atoms with Gasteiger partial charge >= 0.3 is 0 Å². The highest BCUT2D eigenvalue weighted by Gasteiger charge is 2.14. The van der Waals surface area contributed by atoms with Crippen LogP contribution in [0, 0.1) is 6.92 Å². The van der Waals surface area contributed by atoms with Crippen LogP contribution in [0.25, 0.3) is 21.3 Å². The second-order valence-corrected chi connectivity index (χ2v) is 7.81. The zero-order chi connectivity index (χ0) is 19.0. The van der Waals surface area contributed by atoms with Gasteiger partial charge in [0.1, 0.15) is 22.7 Å². The van der Waals surface area contributed by atoms with Crippen molar-refractivity contribution in [2.24, 2.45) is 0 Å². The first-order valence-corrected chi connectivity index (χ1v) is 9.80. The molecule has 2 aromatic heterocycles. The van der Waals surface area contributed by atoms with Crippen LogP contribution >= 0.6 is 11.3 Å². The van der Waals surface area contributed by atoms with E-state index in [-0.39, 0.29) is 5.75 Å². The molecule has 0 aliphatic carbocycles. The van der Waals surface area contributed by atoms with Crippen molar-refractivity contribution in [2.45, 2.75) is 26.7 Å². The first-order valence-electron chi connectivity index (χ1n) is 8.92. The number of fused-ring (bicyclic) bond motifs is 1. The lowest BCUT2D eigenvalue weighted by molar-refractivity contribution is 0.475. The molecule has 0 spiro atoms. The molecular formula is C22H21N3OS. The van der Waals surface area contributed by atoms with Gasteiger partial charge in [0.2, 0.25) is 0 Å². The highest BCUT2D eigenvalue weighted by Crippen LogP contribution is 2.38. The van der Waals surface area contributed by atoms with Gasteiger partial charge in [-0.3, -0.25) is 0 Å². The standard InChI is InChI=1S/C22H21N3OS/c1-13(2)15-4-6-16(7-5-15)18-11-27-22-20(18)21(23-12-24-22)25-19-9-8-17(26)10-14(19)3/h4-13,26H,1-3H3,(H,23,24,25). The minimum absolute atomic E-state index is 0.257. The number of anilines is 2. The number of nitrogens with one attached hydrogen (secondary N) is 1. The Kier molecular flexibility index (Phi) is 4.54. The summed E-state index contributed by atoms with van der Waals surface area (Å²) in [4.78, 5) is 9.88. The third-order valence-corrected chi connectivity index (χ3v) is 5.61. The molecule has 0 amide bonds. The summed E-state index contributed by atoms with van der Waals surface area (Å²) in [7, 11) is 0. The van der Waals surface area contributed by atoms with Crippen molar-refractivity contribution < 1.29 is 5.11 Å². The van der Waals surface area contributed by atoms with Crippen LogP contribution in [-0.4, -0.2) is 15.1 Å². The summed E-state index contributed by atoms with van der Waals surface area (Å²) < 4.78 is 0. The van der Waals surface area contributed by atoms with Crippen molar-refractivity contribution in [1.82, 2.24) is 9.97 Å². The topological polar surface area (TPSA) is 58.0 Å². The van der Waals surface area contributed by atoms with Gasteiger partial charge < -0.3 is 10.4 Å². The van der Waals surface area contributed by atoms with Crippen LogP contribution in [-0.2, 0) is 0 Å². The first-order chi connectivity index (χ1) is 13.0. The maximum absolute atomic E-state index is 9.64. The number of aromatic hydroxyl groups is 1. The first kappa shape index (κ1) is 17.5. The van der Waals surface area contributed by atoms with Gasteiger partial charge in [0.25, 0.3) is 0 Å². The summed E-state index contributed by atoms with van der Waals surface area (Å²) in [5.41, 5.74) is 5.49. The van der Waals surface area contributed by atoms with E-state index in [4.69, 9.17) is 0 Å². The second kappa shape index (κ2) is 7.00. The fourth-order valence-corrected chi connectivity index (χ4v) is 4.06. The van der Waals surface area contributed by atoms with E-state index in [9.17, 15) is 5.11 Å². The van der Waals surface area contributed by atoms with Crippen LogP contribution in [0.3, 0.4) is 0 Å². The summed E-state index contributed by atoms with van der Waals surface area (Å²) in [5.74, 6) is 1.54. The molecular weight excluding hydrogens is 354 g/mol. The Morgan fingerprint density at radius 1 is 1.04 bits per heavy atom. The molecule has 136 valence electrons. The third-order valence-electron chi connectivity index (χ3n) is 4.72. The summed E-state index contributed by atoms with van der Waals surface area (Å²) in [6.45, 7) is 6.36. The molecule has 27 heavy (non-hydrogen) atoms. The number of nitrogens with zero attached hydrogens (tertiary/aromatic N) is 2. The number of rotatable bonds is 4. The number of aromatic nitrogens is 2. The number of thiophene rings is 1. The Bertz CT molecular complexity index is 1100. The van der Waals surface area contributed by atoms with E-state index in [0.29, 0.717) is 5.92 Å². The van der Waals surface area contributed by atoms with Crippen molar-refractivity contribution in [3.63, 3.8) is 0 Å². The number of benzene rings is 2. The molecule has 0 aliphatic heterocycles. The number of hydrogen-bond donors (Lipinski definition) is 2. The summed E-state index contributed by atoms with van der Waals surface area (Å²) in [6, 6.07) is 14.0. The molecule has 0 fully saturated rings. The molecule has 0 atom stereocenters. The average molecular weight is 375 g/mol. The molecule has 4 nitrogen and oxygen atoms in total. The lowest BCUT2D eigenvalue weighted by Crippen LogP contribution is -1.97. The zero-order valence-corrected chi connectivity index (χ0v) is 16.3. The fraction of sp³-hybridized carbons (Fsp3) is 0.182. The fourth-order valence-electron chi connectivity index (χ4n) is 3.15. The molecule has 4 aromatic rings. The normalized spacial score (nSPS) is 11.3. The van der Waals surface area contributed by atoms with E-state index in [0.717, 1.165) is 38.4 Å². The van der Waals surface area contributed by atoms with Crippen molar-refractivity contribution >= 4 is 33.1 Å². The van der Waals surface area contributed by atoms with E-state index in [1.54, 1.807) is 29.8 Å². The van der Waals surface area contributed by atoms with E-state index in [1.807, 2.05) is 13.0 Å². The number of hydrogen-bond acceptors (Lipinski definition) is 5. The van der Waals surface area contributed by atoms with Crippen molar-refractivity contribution in [3.05, 3.63) is 65.3 Å². The smallest absolute Gasteiger partial charge is 0.143 e. The van der Waals surface area contributed by atoms with Gasteiger partial charge in [0, 0.05) is 16.6 Å². The quantitative estimate of drug-likeness (QED) is 0.415. The molecule has 2 heterocycles. The molecule has 4 rings (SSSR count). The van der Waals surface area contributed by atoms with Gasteiger partial charge in [0.15, 0.2) is 0 Å². The summed E-state index contributed by atoms with van der Waals surface area (Å²) in [5, 5.41) is 16.2. The molecule has 0 unspecified atom stereocenters. The van der Waals surface area contributed by atoms with E-state index in [2.05, 4.69) is 58.8 Å². The van der Waals surface area contributed by atoms with Crippen LogP contribution in [0.2, 0.25) is 0 Å². The van der Waals surface area contributed by atoms with Gasteiger partial charge in [0.05, 0.1) is 5.39 Å². The molecule has 0 bridgehead atoms. The number of phenolic OH excluding ortho intramolecular Hbond substituents is 1. The maximum Gasteiger partial charge on any atom is 0.143 e. The highest BCUT2D eigenvalue weighted by atomic mass is 32.1. The molecule has 0 saturated carbocycles. The molecule has 5 heteroatoms. The minimum atomic E-state index is 0.257.